The number of pyridine rings is 1. The minimum Gasteiger partial charge on any atom is -0.398 e. The number of hydrogen-bond acceptors (Lipinski definition) is 3. The Morgan fingerprint density at radius 1 is 1.12 bits per heavy atom. The zero-order valence-corrected chi connectivity index (χ0v) is 16.3. The first-order valence-electron chi connectivity index (χ1n) is 9.57. The number of aromatic amines is 1. The fraction of sp³-hybridized carbons (Fsp3) is 0.650. The summed E-state index contributed by atoms with van der Waals surface area (Å²) in [5.74, 6) is 0.992. The van der Waals surface area contributed by atoms with Crippen molar-refractivity contribution in [3.05, 3.63) is 23.4 Å². The van der Waals surface area contributed by atoms with Crippen molar-refractivity contribution in [3.63, 3.8) is 0 Å². The number of nitrogens with zero attached hydrogens (tertiary/aromatic N) is 1. The van der Waals surface area contributed by atoms with Crippen molar-refractivity contribution in [2.24, 2.45) is 0 Å². The Hall–Kier alpha value is -1.33. The minimum absolute atomic E-state index is 0.340. The van der Waals surface area contributed by atoms with Gasteiger partial charge in [-0.15, -0.1) is 0 Å². The van der Waals surface area contributed by atoms with Crippen LogP contribution >= 0.6 is 0 Å². The molecule has 1 saturated heterocycles. The molecule has 0 amide bonds. The van der Waals surface area contributed by atoms with E-state index in [0.29, 0.717) is 11.8 Å². The lowest BCUT2D eigenvalue weighted by molar-refractivity contribution is 0.00578. The molecular weight excluding hydrogens is 311 g/mol. The molecule has 2 aliphatic rings. The summed E-state index contributed by atoms with van der Waals surface area (Å²) in [6, 6.07) is 4.36. The van der Waals surface area contributed by atoms with E-state index >= 15 is 0 Å². The molecule has 2 aromatic rings. The average molecular weight is 340 g/mol. The first kappa shape index (κ1) is 17.1. The Morgan fingerprint density at radius 3 is 2.28 bits per heavy atom. The monoisotopic (exact) mass is 340 g/mol. The standard InChI is InChI=1S/C20H29BN2O2/c1-12(2)16-17-15(11-10-14(22-17)13-8-7-9-13)23-18(16)21-24-19(3,4)20(5,6)25-21/h10-13,23H,7-9H2,1-6H3. The van der Waals surface area contributed by atoms with E-state index in [2.05, 4.69) is 58.7 Å². The molecule has 1 N–H and O–H groups in total. The van der Waals surface area contributed by atoms with Crippen molar-refractivity contribution >= 4 is 23.7 Å². The molecule has 4 nitrogen and oxygen atoms in total. The Labute approximate surface area is 150 Å². The highest BCUT2D eigenvalue weighted by Gasteiger charge is 2.53. The van der Waals surface area contributed by atoms with Gasteiger partial charge in [0.25, 0.3) is 0 Å². The smallest absolute Gasteiger partial charge is 0.398 e. The summed E-state index contributed by atoms with van der Waals surface area (Å²) in [6.07, 6.45) is 3.86. The van der Waals surface area contributed by atoms with Crippen molar-refractivity contribution in [2.75, 3.05) is 0 Å². The van der Waals surface area contributed by atoms with Gasteiger partial charge in [-0.05, 0) is 64.2 Å². The van der Waals surface area contributed by atoms with Gasteiger partial charge in [0.1, 0.15) is 0 Å². The van der Waals surface area contributed by atoms with Gasteiger partial charge in [0.2, 0.25) is 0 Å². The van der Waals surface area contributed by atoms with E-state index in [1.807, 2.05) is 0 Å². The SMILES string of the molecule is CC(C)c1c(B2OC(C)(C)C(C)(C)O2)[nH]c2ccc(C3CCC3)nc12. The quantitative estimate of drug-likeness (QED) is 0.850. The number of rotatable bonds is 3. The number of nitrogens with one attached hydrogen (secondary N) is 1. The van der Waals surface area contributed by atoms with Gasteiger partial charge in [0.15, 0.2) is 0 Å². The van der Waals surface area contributed by atoms with Gasteiger partial charge >= 0.3 is 7.12 Å². The van der Waals surface area contributed by atoms with Gasteiger partial charge in [-0.2, -0.15) is 0 Å². The van der Waals surface area contributed by atoms with Crippen molar-refractivity contribution in [1.82, 2.24) is 9.97 Å². The lowest BCUT2D eigenvalue weighted by Crippen LogP contribution is -2.41. The summed E-state index contributed by atoms with van der Waals surface area (Å²) in [6.45, 7) is 12.8. The third-order valence-corrected chi connectivity index (χ3v) is 6.32. The van der Waals surface area contributed by atoms with Crippen molar-refractivity contribution < 1.29 is 9.31 Å². The number of H-pyrrole nitrogens is 1. The summed E-state index contributed by atoms with van der Waals surface area (Å²) in [5, 5.41) is 0. The molecule has 0 bridgehead atoms. The van der Waals surface area contributed by atoms with E-state index < -0.39 is 0 Å². The Bertz CT molecular complexity index is 789. The molecule has 2 fully saturated rings. The molecule has 5 heteroatoms. The average Bonchev–Trinajstić information content (AvgIpc) is 2.92. The molecule has 134 valence electrons. The van der Waals surface area contributed by atoms with Crippen molar-refractivity contribution in [3.8, 4) is 0 Å². The molecule has 0 unspecified atom stereocenters. The zero-order chi connectivity index (χ0) is 18.0. The van der Waals surface area contributed by atoms with E-state index in [-0.39, 0.29) is 18.3 Å². The van der Waals surface area contributed by atoms with E-state index in [1.165, 1.54) is 30.5 Å². The van der Waals surface area contributed by atoms with Crippen LogP contribution in [0.2, 0.25) is 0 Å². The third-order valence-electron chi connectivity index (χ3n) is 6.32. The molecule has 0 aromatic carbocycles. The topological polar surface area (TPSA) is 47.1 Å². The maximum atomic E-state index is 6.30. The van der Waals surface area contributed by atoms with Gasteiger partial charge in [-0.25, -0.2) is 0 Å². The molecule has 3 heterocycles. The van der Waals surface area contributed by atoms with E-state index in [1.54, 1.807) is 0 Å². The van der Waals surface area contributed by atoms with Crippen molar-refractivity contribution in [2.45, 2.75) is 83.8 Å². The molecule has 1 aliphatic heterocycles. The molecule has 1 saturated carbocycles. The van der Waals surface area contributed by atoms with E-state index in [0.717, 1.165) is 16.6 Å². The predicted octanol–water partition coefficient (Wildman–Crippen LogP) is 4.25. The van der Waals surface area contributed by atoms with Gasteiger partial charge in [-0.1, -0.05) is 20.3 Å². The summed E-state index contributed by atoms with van der Waals surface area (Å²) in [5.41, 5.74) is 4.99. The summed E-state index contributed by atoms with van der Waals surface area (Å²) in [4.78, 5) is 8.59. The second-order valence-corrected chi connectivity index (χ2v) is 8.96. The lowest BCUT2D eigenvalue weighted by Gasteiger charge is -2.32. The van der Waals surface area contributed by atoms with Gasteiger partial charge in [-0.3, -0.25) is 4.98 Å². The van der Waals surface area contributed by atoms with Crippen LogP contribution in [-0.2, 0) is 9.31 Å². The van der Waals surface area contributed by atoms with Crippen LogP contribution in [0.15, 0.2) is 12.1 Å². The number of fused-ring (bicyclic) bond motifs is 1. The van der Waals surface area contributed by atoms with Gasteiger partial charge in [0.05, 0.1) is 27.8 Å². The Kier molecular flexibility index (Phi) is 3.82. The highest BCUT2D eigenvalue weighted by atomic mass is 16.7. The summed E-state index contributed by atoms with van der Waals surface area (Å²) < 4.78 is 12.6. The maximum Gasteiger partial charge on any atom is 0.512 e. The minimum atomic E-state index is -0.372. The zero-order valence-electron chi connectivity index (χ0n) is 16.3. The second kappa shape index (κ2) is 5.58. The van der Waals surface area contributed by atoms with Crippen LogP contribution in [-0.4, -0.2) is 28.3 Å². The number of aromatic nitrogens is 2. The highest BCUT2D eigenvalue weighted by molar-refractivity contribution is 6.62. The van der Waals surface area contributed by atoms with Gasteiger partial charge in [0, 0.05) is 11.6 Å². The number of hydrogen-bond donors (Lipinski definition) is 1. The molecular formula is C20H29BN2O2. The van der Waals surface area contributed by atoms with E-state index in [4.69, 9.17) is 14.3 Å². The van der Waals surface area contributed by atoms with Crippen LogP contribution in [0.1, 0.15) is 83.9 Å². The second-order valence-electron chi connectivity index (χ2n) is 8.96. The first-order valence-corrected chi connectivity index (χ1v) is 9.57. The fourth-order valence-electron chi connectivity index (χ4n) is 3.78. The molecule has 1 aliphatic carbocycles. The first-order chi connectivity index (χ1) is 11.7. The molecule has 25 heavy (non-hydrogen) atoms. The van der Waals surface area contributed by atoms with Crippen LogP contribution in [0.3, 0.4) is 0 Å². The molecule has 0 atom stereocenters. The highest BCUT2D eigenvalue weighted by Crippen LogP contribution is 2.39. The third kappa shape index (κ3) is 2.63. The van der Waals surface area contributed by atoms with E-state index in [9.17, 15) is 0 Å². The molecule has 4 rings (SSSR count). The van der Waals surface area contributed by atoms with Crippen LogP contribution < -0.4 is 5.59 Å². The van der Waals surface area contributed by atoms with Gasteiger partial charge < -0.3 is 14.3 Å². The molecule has 0 radical (unpaired) electrons. The normalized spacial score (nSPS) is 22.8. The fourth-order valence-corrected chi connectivity index (χ4v) is 3.78. The van der Waals surface area contributed by atoms with Crippen molar-refractivity contribution in [1.29, 1.82) is 0 Å². The lowest BCUT2D eigenvalue weighted by atomic mass is 9.79. The van der Waals surface area contributed by atoms with Crippen LogP contribution in [0.4, 0.5) is 0 Å². The molecule has 2 aromatic heterocycles. The Morgan fingerprint density at radius 2 is 1.76 bits per heavy atom. The van der Waals surface area contributed by atoms with Crippen LogP contribution in [0, 0.1) is 0 Å². The van der Waals surface area contributed by atoms with Crippen LogP contribution in [0.25, 0.3) is 11.0 Å². The summed E-state index contributed by atoms with van der Waals surface area (Å²) in [7, 11) is -0.372. The molecule has 0 spiro atoms. The largest absolute Gasteiger partial charge is 0.512 e. The summed E-state index contributed by atoms with van der Waals surface area (Å²) >= 11 is 0. The Balaban J connectivity index is 1.80. The predicted molar refractivity (Wildman–Crippen MR) is 102 cm³/mol. The maximum absolute atomic E-state index is 6.30. The van der Waals surface area contributed by atoms with Crippen LogP contribution in [0.5, 0.6) is 0 Å².